The second-order valence-electron chi connectivity index (χ2n) is 7.15. The quantitative estimate of drug-likeness (QED) is 0.624. The second-order valence-corrected chi connectivity index (χ2v) is 7.59. The van der Waals surface area contributed by atoms with Gasteiger partial charge in [0.05, 0.1) is 24.8 Å². The molecule has 1 fully saturated rings. The van der Waals surface area contributed by atoms with Gasteiger partial charge in [-0.05, 0) is 36.6 Å². The van der Waals surface area contributed by atoms with Gasteiger partial charge in [0, 0.05) is 36.8 Å². The Bertz CT molecular complexity index is 987. The van der Waals surface area contributed by atoms with Gasteiger partial charge in [0.2, 0.25) is 5.88 Å². The Morgan fingerprint density at radius 2 is 2.17 bits per heavy atom. The number of oxazole rings is 1. The smallest absolute Gasteiger partial charge is 0.255 e. The maximum absolute atomic E-state index is 12.8. The minimum Gasteiger partial charge on any atom is -0.481 e. The van der Waals surface area contributed by atoms with E-state index in [4.69, 9.17) is 20.8 Å². The molecule has 0 spiro atoms. The van der Waals surface area contributed by atoms with Crippen LogP contribution in [0.2, 0.25) is 5.02 Å². The highest BCUT2D eigenvalue weighted by Crippen LogP contribution is 2.28. The average Bonchev–Trinajstić information content (AvgIpc) is 3.22. The van der Waals surface area contributed by atoms with Crippen molar-refractivity contribution in [1.82, 2.24) is 14.9 Å². The molecule has 1 atom stereocenters. The van der Waals surface area contributed by atoms with Crippen LogP contribution in [0, 0.1) is 0 Å². The number of pyridine rings is 1. The first-order valence-electron chi connectivity index (χ1n) is 9.61. The van der Waals surface area contributed by atoms with Crippen molar-refractivity contribution in [3.8, 4) is 5.88 Å². The molecule has 1 saturated heterocycles. The Labute approximate surface area is 174 Å². The summed E-state index contributed by atoms with van der Waals surface area (Å²) in [7, 11) is 1.55. The Morgan fingerprint density at radius 1 is 1.28 bits per heavy atom. The van der Waals surface area contributed by atoms with Crippen molar-refractivity contribution in [2.45, 2.75) is 25.2 Å². The predicted molar refractivity (Wildman–Crippen MR) is 109 cm³/mol. The van der Waals surface area contributed by atoms with E-state index in [1.807, 2.05) is 29.2 Å². The van der Waals surface area contributed by atoms with Crippen LogP contribution in [0.25, 0.3) is 0 Å². The summed E-state index contributed by atoms with van der Waals surface area (Å²) in [5, 5.41) is 0.705. The molecule has 3 aromatic rings. The zero-order valence-electron chi connectivity index (χ0n) is 16.2. The summed E-state index contributed by atoms with van der Waals surface area (Å²) < 4.78 is 11.1. The SMILES string of the molecule is COc1ccc(C(=O)N2CCC[C@H](c3ncc(Cc4cccc(Cl)c4)o3)C2)cn1. The highest BCUT2D eigenvalue weighted by molar-refractivity contribution is 6.30. The molecule has 0 radical (unpaired) electrons. The molecule has 4 rings (SSSR count). The molecule has 29 heavy (non-hydrogen) atoms. The molecule has 1 aliphatic rings. The van der Waals surface area contributed by atoms with Crippen LogP contribution in [-0.2, 0) is 6.42 Å². The van der Waals surface area contributed by atoms with Gasteiger partial charge in [0.1, 0.15) is 5.76 Å². The van der Waals surface area contributed by atoms with Crippen molar-refractivity contribution in [2.75, 3.05) is 20.2 Å². The Morgan fingerprint density at radius 3 is 2.93 bits per heavy atom. The first kappa shape index (κ1) is 19.5. The van der Waals surface area contributed by atoms with Crippen LogP contribution in [0.1, 0.15) is 46.3 Å². The summed E-state index contributed by atoms with van der Waals surface area (Å²) >= 11 is 6.06. The van der Waals surface area contributed by atoms with Crippen molar-refractivity contribution in [1.29, 1.82) is 0 Å². The Balaban J connectivity index is 1.43. The molecule has 1 aromatic carbocycles. The largest absolute Gasteiger partial charge is 0.481 e. The van der Waals surface area contributed by atoms with E-state index in [-0.39, 0.29) is 11.8 Å². The molecular weight excluding hydrogens is 390 g/mol. The van der Waals surface area contributed by atoms with Gasteiger partial charge < -0.3 is 14.1 Å². The minimum absolute atomic E-state index is 0.0319. The van der Waals surface area contributed by atoms with Crippen LogP contribution in [-0.4, -0.2) is 41.0 Å². The lowest BCUT2D eigenvalue weighted by atomic mass is 9.97. The highest BCUT2D eigenvalue weighted by Gasteiger charge is 2.28. The Hall–Kier alpha value is -2.86. The lowest BCUT2D eigenvalue weighted by Crippen LogP contribution is -2.39. The van der Waals surface area contributed by atoms with E-state index >= 15 is 0 Å². The molecule has 0 bridgehead atoms. The fraction of sp³-hybridized carbons (Fsp3) is 0.318. The van der Waals surface area contributed by atoms with E-state index < -0.39 is 0 Å². The van der Waals surface area contributed by atoms with E-state index in [9.17, 15) is 4.79 Å². The molecule has 3 heterocycles. The van der Waals surface area contributed by atoms with Crippen LogP contribution in [0.4, 0.5) is 0 Å². The molecule has 150 valence electrons. The van der Waals surface area contributed by atoms with E-state index in [0.29, 0.717) is 35.3 Å². The van der Waals surface area contributed by atoms with E-state index in [2.05, 4.69) is 9.97 Å². The number of hydrogen-bond acceptors (Lipinski definition) is 5. The number of amides is 1. The average molecular weight is 412 g/mol. The van der Waals surface area contributed by atoms with E-state index in [1.165, 1.54) is 0 Å². The summed E-state index contributed by atoms with van der Waals surface area (Å²) in [5.41, 5.74) is 1.63. The lowest BCUT2D eigenvalue weighted by Gasteiger charge is -2.31. The summed E-state index contributed by atoms with van der Waals surface area (Å²) in [6, 6.07) is 11.2. The van der Waals surface area contributed by atoms with Gasteiger partial charge in [-0.25, -0.2) is 9.97 Å². The molecule has 0 saturated carbocycles. The lowest BCUT2D eigenvalue weighted by molar-refractivity contribution is 0.0697. The number of carbonyl (C=O) groups is 1. The topological polar surface area (TPSA) is 68.5 Å². The zero-order chi connectivity index (χ0) is 20.2. The van der Waals surface area contributed by atoms with Crippen molar-refractivity contribution in [2.24, 2.45) is 0 Å². The van der Waals surface area contributed by atoms with Gasteiger partial charge in [-0.1, -0.05) is 23.7 Å². The first-order chi connectivity index (χ1) is 14.1. The van der Waals surface area contributed by atoms with Crippen LogP contribution in [0.15, 0.2) is 53.2 Å². The van der Waals surface area contributed by atoms with Crippen molar-refractivity contribution >= 4 is 17.5 Å². The van der Waals surface area contributed by atoms with Gasteiger partial charge in [-0.15, -0.1) is 0 Å². The molecular formula is C22H22ClN3O3. The number of piperidine rings is 1. The number of benzene rings is 1. The standard InChI is InChI=1S/C22H22ClN3O3/c1-28-20-8-7-16(12-24-20)22(27)26-9-3-5-17(14-26)21-25-13-19(29-21)11-15-4-2-6-18(23)10-15/h2,4,6-8,10,12-13,17H,3,5,9,11,14H2,1H3/t17-/m0/s1. The number of aromatic nitrogens is 2. The van der Waals surface area contributed by atoms with Crippen molar-refractivity contribution in [3.05, 3.63) is 76.6 Å². The number of nitrogens with zero attached hydrogens (tertiary/aromatic N) is 3. The summed E-state index contributed by atoms with van der Waals surface area (Å²) in [6.45, 7) is 1.30. The van der Waals surface area contributed by atoms with Gasteiger partial charge in [0.25, 0.3) is 5.91 Å². The molecule has 1 amide bonds. The number of carbonyl (C=O) groups excluding carboxylic acids is 1. The van der Waals surface area contributed by atoms with Gasteiger partial charge in [-0.3, -0.25) is 4.79 Å². The van der Waals surface area contributed by atoms with E-state index in [0.717, 1.165) is 30.7 Å². The van der Waals surface area contributed by atoms with Gasteiger partial charge >= 0.3 is 0 Å². The van der Waals surface area contributed by atoms with Crippen LogP contribution >= 0.6 is 11.6 Å². The summed E-state index contributed by atoms with van der Waals surface area (Å²) in [5.74, 6) is 2.03. The molecule has 1 aliphatic heterocycles. The van der Waals surface area contributed by atoms with Crippen LogP contribution < -0.4 is 4.74 Å². The molecule has 0 N–H and O–H groups in total. The second kappa shape index (κ2) is 8.66. The number of hydrogen-bond donors (Lipinski definition) is 0. The molecule has 7 heteroatoms. The summed E-state index contributed by atoms with van der Waals surface area (Å²) in [4.78, 5) is 23.3. The van der Waals surface area contributed by atoms with Crippen molar-refractivity contribution < 1.29 is 13.9 Å². The van der Waals surface area contributed by atoms with E-state index in [1.54, 1.807) is 31.6 Å². The van der Waals surface area contributed by atoms with Gasteiger partial charge in [-0.2, -0.15) is 0 Å². The predicted octanol–water partition coefficient (Wildman–Crippen LogP) is 4.34. The first-order valence-corrected chi connectivity index (χ1v) is 9.98. The molecule has 0 unspecified atom stereocenters. The Kier molecular flexibility index (Phi) is 5.81. The fourth-order valence-corrected chi connectivity index (χ4v) is 3.83. The monoisotopic (exact) mass is 411 g/mol. The van der Waals surface area contributed by atoms with Gasteiger partial charge in [0.15, 0.2) is 5.89 Å². The summed E-state index contributed by atoms with van der Waals surface area (Å²) in [6.07, 6.45) is 5.82. The maximum Gasteiger partial charge on any atom is 0.255 e. The molecule has 2 aromatic heterocycles. The zero-order valence-corrected chi connectivity index (χ0v) is 16.9. The minimum atomic E-state index is -0.0319. The van der Waals surface area contributed by atoms with Crippen LogP contribution in [0.3, 0.4) is 0 Å². The number of rotatable bonds is 5. The molecule has 0 aliphatic carbocycles. The number of halogens is 1. The highest BCUT2D eigenvalue weighted by atomic mass is 35.5. The molecule has 6 nitrogen and oxygen atoms in total. The van der Waals surface area contributed by atoms with Crippen LogP contribution in [0.5, 0.6) is 5.88 Å². The normalized spacial score (nSPS) is 16.6. The van der Waals surface area contributed by atoms with Crippen molar-refractivity contribution in [3.63, 3.8) is 0 Å². The number of methoxy groups -OCH3 is 1. The fourth-order valence-electron chi connectivity index (χ4n) is 3.61. The third-order valence-corrected chi connectivity index (χ3v) is 5.32. The maximum atomic E-state index is 12.8. The third-order valence-electron chi connectivity index (χ3n) is 5.09. The number of likely N-dealkylation sites (tertiary alicyclic amines) is 1. The third kappa shape index (κ3) is 4.59. The number of ether oxygens (including phenoxy) is 1.